The Labute approximate surface area is 102 Å². The van der Waals surface area contributed by atoms with Gasteiger partial charge in [-0.2, -0.15) is 0 Å². The van der Waals surface area contributed by atoms with Crippen LogP contribution in [-0.2, 0) is 11.2 Å². The number of hydrogen-bond acceptors (Lipinski definition) is 2. The summed E-state index contributed by atoms with van der Waals surface area (Å²) in [4.78, 5) is 4.10. The monoisotopic (exact) mass is 230 g/mol. The van der Waals surface area contributed by atoms with Crippen LogP contribution in [0.2, 0.25) is 0 Å². The molecule has 3 nitrogen and oxygen atoms in total. The van der Waals surface area contributed by atoms with Crippen molar-refractivity contribution in [1.82, 2.24) is 9.55 Å². The molecule has 0 unspecified atom stereocenters. The molecule has 90 valence electrons. The van der Waals surface area contributed by atoms with Crippen LogP contribution in [-0.4, -0.2) is 22.8 Å². The molecular formula is C14H18N2O. The van der Waals surface area contributed by atoms with Crippen molar-refractivity contribution in [3.63, 3.8) is 0 Å². The summed E-state index contributed by atoms with van der Waals surface area (Å²) in [5.74, 6) is 0. The second-order valence-electron chi connectivity index (χ2n) is 4.01. The van der Waals surface area contributed by atoms with Gasteiger partial charge in [-0.05, 0) is 18.9 Å². The van der Waals surface area contributed by atoms with Gasteiger partial charge in [0.25, 0.3) is 0 Å². The van der Waals surface area contributed by atoms with Crippen LogP contribution in [0.25, 0.3) is 0 Å². The van der Waals surface area contributed by atoms with Gasteiger partial charge in [0.1, 0.15) is 0 Å². The maximum atomic E-state index is 5.54. The van der Waals surface area contributed by atoms with E-state index >= 15 is 0 Å². The van der Waals surface area contributed by atoms with E-state index in [1.165, 1.54) is 5.56 Å². The van der Waals surface area contributed by atoms with Crippen LogP contribution in [0.5, 0.6) is 0 Å². The normalized spacial score (nSPS) is 12.5. The molecule has 0 aliphatic rings. The highest BCUT2D eigenvalue weighted by Crippen LogP contribution is 2.14. The van der Waals surface area contributed by atoms with Gasteiger partial charge in [-0.25, -0.2) is 4.98 Å². The number of hydrogen-bond donors (Lipinski definition) is 0. The average Bonchev–Trinajstić information content (AvgIpc) is 2.89. The van der Waals surface area contributed by atoms with Crippen LogP contribution in [0.3, 0.4) is 0 Å². The van der Waals surface area contributed by atoms with Crippen LogP contribution in [0.1, 0.15) is 18.5 Å². The molecular weight excluding hydrogens is 212 g/mol. The van der Waals surface area contributed by atoms with Gasteiger partial charge in [-0.15, -0.1) is 0 Å². The highest BCUT2D eigenvalue weighted by molar-refractivity contribution is 5.15. The zero-order valence-corrected chi connectivity index (χ0v) is 10.1. The molecule has 0 aliphatic heterocycles. The van der Waals surface area contributed by atoms with Crippen LogP contribution >= 0.6 is 0 Å². The summed E-state index contributed by atoms with van der Waals surface area (Å²) in [6.07, 6.45) is 6.63. The van der Waals surface area contributed by atoms with Gasteiger partial charge in [0.15, 0.2) is 0 Å². The SMILES string of the molecule is CCOC[C@@H](Cc1ccccc1)n1ccnc1. The molecule has 1 atom stereocenters. The average molecular weight is 230 g/mol. The van der Waals surface area contributed by atoms with Crippen molar-refractivity contribution >= 4 is 0 Å². The fourth-order valence-electron chi connectivity index (χ4n) is 1.88. The quantitative estimate of drug-likeness (QED) is 0.763. The van der Waals surface area contributed by atoms with E-state index in [1.54, 1.807) is 0 Å². The largest absolute Gasteiger partial charge is 0.380 e. The molecule has 0 fully saturated rings. The summed E-state index contributed by atoms with van der Waals surface area (Å²) in [7, 11) is 0. The highest BCUT2D eigenvalue weighted by Gasteiger charge is 2.11. The van der Waals surface area contributed by atoms with E-state index in [-0.39, 0.29) is 0 Å². The third kappa shape index (κ3) is 3.43. The van der Waals surface area contributed by atoms with Crippen molar-refractivity contribution in [1.29, 1.82) is 0 Å². The molecule has 0 amide bonds. The summed E-state index contributed by atoms with van der Waals surface area (Å²) < 4.78 is 7.66. The zero-order valence-electron chi connectivity index (χ0n) is 10.1. The van der Waals surface area contributed by atoms with Crippen LogP contribution in [0.4, 0.5) is 0 Å². The molecule has 2 rings (SSSR count). The summed E-state index contributed by atoms with van der Waals surface area (Å²) >= 11 is 0. The third-order valence-corrected chi connectivity index (χ3v) is 2.78. The lowest BCUT2D eigenvalue weighted by Crippen LogP contribution is -2.17. The lowest BCUT2D eigenvalue weighted by atomic mass is 10.1. The Hall–Kier alpha value is -1.61. The molecule has 17 heavy (non-hydrogen) atoms. The smallest absolute Gasteiger partial charge is 0.0949 e. The van der Waals surface area contributed by atoms with Crippen molar-refractivity contribution < 1.29 is 4.74 Å². The number of aromatic nitrogens is 2. The minimum Gasteiger partial charge on any atom is -0.380 e. The van der Waals surface area contributed by atoms with E-state index in [4.69, 9.17) is 4.74 Å². The predicted molar refractivity (Wildman–Crippen MR) is 67.9 cm³/mol. The van der Waals surface area contributed by atoms with Crippen LogP contribution < -0.4 is 0 Å². The molecule has 0 radical (unpaired) electrons. The van der Waals surface area contributed by atoms with E-state index in [1.807, 2.05) is 31.7 Å². The lowest BCUT2D eigenvalue weighted by Gasteiger charge is -2.18. The van der Waals surface area contributed by atoms with Gasteiger partial charge in [-0.1, -0.05) is 30.3 Å². The van der Waals surface area contributed by atoms with Crippen molar-refractivity contribution in [2.24, 2.45) is 0 Å². The van der Waals surface area contributed by atoms with E-state index < -0.39 is 0 Å². The highest BCUT2D eigenvalue weighted by atomic mass is 16.5. The Kier molecular flexibility index (Phi) is 4.33. The van der Waals surface area contributed by atoms with E-state index in [2.05, 4.69) is 33.8 Å². The summed E-state index contributed by atoms with van der Waals surface area (Å²) in [5.41, 5.74) is 1.32. The van der Waals surface area contributed by atoms with E-state index in [0.29, 0.717) is 6.04 Å². The number of ether oxygens (including phenoxy) is 1. The van der Waals surface area contributed by atoms with Crippen LogP contribution in [0.15, 0.2) is 49.1 Å². The maximum absolute atomic E-state index is 5.54. The van der Waals surface area contributed by atoms with Gasteiger partial charge >= 0.3 is 0 Å². The van der Waals surface area contributed by atoms with Crippen LogP contribution in [0, 0.1) is 0 Å². The fraction of sp³-hybridized carbons (Fsp3) is 0.357. The third-order valence-electron chi connectivity index (χ3n) is 2.78. The van der Waals surface area contributed by atoms with Gasteiger partial charge in [-0.3, -0.25) is 0 Å². The molecule has 1 aromatic carbocycles. The number of imidazole rings is 1. The second kappa shape index (κ2) is 6.21. The van der Waals surface area contributed by atoms with Crippen molar-refractivity contribution in [2.45, 2.75) is 19.4 Å². The first-order valence-corrected chi connectivity index (χ1v) is 5.99. The molecule has 0 aliphatic carbocycles. The molecule has 2 aromatic rings. The number of benzene rings is 1. The standard InChI is InChI=1S/C14H18N2O/c1-2-17-11-14(16-9-8-15-12-16)10-13-6-4-3-5-7-13/h3-9,12,14H,2,10-11H2,1H3/t14-/m1/s1. The Morgan fingerprint density at radius 1 is 1.29 bits per heavy atom. The molecule has 1 heterocycles. The number of rotatable bonds is 6. The predicted octanol–water partition coefficient (Wildman–Crippen LogP) is 2.70. The first-order valence-electron chi connectivity index (χ1n) is 5.99. The molecule has 1 aromatic heterocycles. The minimum absolute atomic E-state index is 0.319. The molecule has 0 spiro atoms. The number of nitrogens with zero attached hydrogens (tertiary/aromatic N) is 2. The second-order valence-corrected chi connectivity index (χ2v) is 4.01. The Morgan fingerprint density at radius 3 is 2.76 bits per heavy atom. The first-order chi connectivity index (χ1) is 8.40. The fourth-order valence-corrected chi connectivity index (χ4v) is 1.88. The topological polar surface area (TPSA) is 27.1 Å². The molecule has 0 saturated heterocycles. The molecule has 3 heteroatoms. The van der Waals surface area contributed by atoms with Gasteiger partial charge in [0, 0.05) is 19.0 Å². The Balaban J connectivity index is 2.06. The summed E-state index contributed by atoms with van der Waals surface area (Å²) in [5, 5.41) is 0. The Bertz CT molecular complexity index is 411. The summed E-state index contributed by atoms with van der Waals surface area (Å²) in [6, 6.07) is 10.8. The van der Waals surface area contributed by atoms with Gasteiger partial charge in [0.2, 0.25) is 0 Å². The molecule has 0 saturated carbocycles. The van der Waals surface area contributed by atoms with E-state index in [0.717, 1.165) is 19.6 Å². The Morgan fingerprint density at radius 2 is 2.12 bits per heavy atom. The summed E-state index contributed by atoms with van der Waals surface area (Å²) in [6.45, 7) is 3.50. The van der Waals surface area contributed by atoms with Gasteiger partial charge in [0.05, 0.1) is 19.0 Å². The van der Waals surface area contributed by atoms with Crippen molar-refractivity contribution in [3.8, 4) is 0 Å². The molecule has 0 bridgehead atoms. The maximum Gasteiger partial charge on any atom is 0.0949 e. The molecule has 0 N–H and O–H groups in total. The minimum atomic E-state index is 0.319. The van der Waals surface area contributed by atoms with Gasteiger partial charge < -0.3 is 9.30 Å². The van der Waals surface area contributed by atoms with Crippen molar-refractivity contribution in [2.75, 3.05) is 13.2 Å². The van der Waals surface area contributed by atoms with Crippen molar-refractivity contribution in [3.05, 3.63) is 54.6 Å². The van der Waals surface area contributed by atoms with E-state index in [9.17, 15) is 0 Å². The zero-order chi connectivity index (χ0) is 11.9. The first kappa shape index (κ1) is 11.9. The lowest BCUT2D eigenvalue weighted by molar-refractivity contribution is 0.113.